The Balaban J connectivity index is 2.14. The summed E-state index contributed by atoms with van der Waals surface area (Å²) in [4.78, 5) is 27.3. The predicted molar refractivity (Wildman–Crippen MR) is 139 cm³/mol. The number of nitrogens with zero attached hydrogens (tertiary/aromatic N) is 2. The molecule has 0 aromatic heterocycles. The Bertz CT molecular complexity index is 1110. The van der Waals surface area contributed by atoms with Gasteiger partial charge >= 0.3 is 0 Å². The summed E-state index contributed by atoms with van der Waals surface area (Å²) in [5.74, 6) is -0.356. The fourth-order valence-corrected chi connectivity index (χ4v) is 4.62. The molecular formula is C26H36FN3O5S. The second kappa shape index (κ2) is 13.2. The van der Waals surface area contributed by atoms with Gasteiger partial charge in [-0.1, -0.05) is 12.1 Å². The summed E-state index contributed by atoms with van der Waals surface area (Å²) >= 11 is 0. The van der Waals surface area contributed by atoms with Crippen LogP contribution in [0.1, 0.15) is 46.1 Å². The molecule has 1 unspecified atom stereocenters. The van der Waals surface area contributed by atoms with Crippen molar-refractivity contribution in [3.8, 4) is 5.75 Å². The SMILES string of the molecule is CCOc1ccc(N(CCCC(=O)N(Cc2ccc(F)cc2)C(C)C(=O)NC(C)C)S(C)(=O)=O)cc1. The van der Waals surface area contributed by atoms with E-state index in [-0.39, 0.29) is 43.8 Å². The summed E-state index contributed by atoms with van der Waals surface area (Å²) in [7, 11) is -3.59. The Morgan fingerprint density at radius 3 is 2.17 bits per heavy atom. The third-order valence-corrected chi connectivity index (χ3v) is 6.65. The minimum atomic E-state index is -3.59. The number of carbonyl (C=O) groups is 2. The van der Waals surface area contributed by atoms with Crippen LogP contribution in [0.5, 0.6) is 5.75 Å². The number of rotatable bonds is 13. The minimum absolute atomic E-state index is 0.0313. The van der Waals surface area contributed by atoms with Crippen LogP contribution >= 0.6 is 0 Å². The summed E-state index contributed by atoms with van der Waals surface area (Å²) in [6.07, 6.45) is 1.39. The number of sulfonamides is 1. The average Bonchev–Trinajstić information content (AvgIpc) is 2.80. The van der Waals surface area contributed by atoms with Crippen LogP contribution in [0.25, 0.3) is 0 Å². The molecule has 198 valence electrons. The van der Waals surface area contributed by atoms with Crippen LogP contribution in [-0.4, -0.2) is 56.6 Å². The maximum atomic E-state index is 13.3. The molecule has 0 aliphatic carbocycles. The molecule has 0 saturated carbocycles. The van der Waals surface area contributed by atoms with Gasteiger partial charge in [0.05, 0.1) is 18.6 Å². The number of nitrogens with one attached hydrogen (secondary N) is 1. The van der Waals surface area contributed by atoms with Crippen LogP contribution in [0, 0.1) is 5.82 Å². The van der Waals surface area contributed by atoms with E-state index in [0.29, 0.717) is 23.6 Å². The summed E-state index contributed by atoms with van der Waals surface area (Å²) in [5.41, 5.74) is 1.15. The number of anilines is 1. The smallest absolute Gasteiger partial charge is 0.242 e. The van der Waals surface area contributed by atoms with Gasteiger partial charge in [-0.25, -0.2) is 12.8 Å². The third kappa shape index (κ3) is 8.82. The van der Waals surface area contributed by atoms with Crippen molar-refractivity contribution in [3.63, 3.8) is 0 Å². The second-order valence-electron chi connectivity index (χ2n) is 8.85. The molecule has 8 nitrogen and oxygen atoms in total. The van der Waals surface area contributed by atoms with Crippen molar-refractivity contribution in [1.29, 1.82) is 0 Å². The molecule has 2 rings (SSSR count). The van der Waals surface area contributed by atoms with E-state index in [9.17, 15) is 22.4 Å². The van der Waals surface area contributed by atoms with Crippen molar-refractivity contribution in [1.82, 2.24) is 10.2 Å². The Morgan fingerprint density at radius 2 is 1.64 bits per heavy atom. The van der Waals surface area contributed by atoms with Gasteiger partial charge in [-0.05, 0) is 76.1 Å². The molecule has 2 aromatic carbocycles. The zero-order chi connectivity index (χ0) is 26.9. The minimum Gasteiger partial charge on any atom is -0.494 e. The van der Waals surface area contributed by atoms with Crippen molar-refractivity contribution in [2.45, 2.75) is 59.2 Å². The van der Waals surface area contributed by atoms with E-state index in [1.807, 2.05) is 20.8 Å². The van der Waals surface area contributed by atoms with Gasteiger partial charge in [0.25, 0.3) is 0 Å². The first-order valence-electron chi connectivity index (χ1n) is 12.0. The Labute approximate surface area is 213 Å². The highest BCUT2D eigenvalue weighted by Crippen LogP contribution is 2.22. The van der Waals surface area contributed by atoms with E-state index in [2.05, 4.69) is 5.32 Å². The molecule has 0 saturated heterocycles. The molecule has 0 heterocycles. The molecule has 1 atom stereocenters. The van der Waals surface area contributed by atoms with Crippen LogP contribution < -0.4 is 14.4 Å². The van der Waals surface area contributed by atoms with Gasteiger partial charge < -0.3 is 15.0 Å². The molecule has 2 aromatic rings. The molecule has 10 heteroatoms. The quantitative estimate of drug-likeness (QED) is 0.434. The number of hydrogen-bond acceptors (Lipinski definition) is 5. The fraction of sp³-hybridized carbons (Fsp3) is 0.462. The number of hydrogen-bond donors (Lipinski definition) is 1. The Kier molecular flexibility index (Phi) is 10.7. The fourth-order valence-electron chi connectivity index (χ4n) is 3.65. The first-order chi connectivity index (χ1) is 16.9. The maximum Gasteiger partial charge on any atom is 0.242 e. The van der Waals surface area contributed by atoms with Gasteiger partial charge in [-0.15, -0.1) is 0 Å². The molecule has 0 aliphatic heterocycles. The highest BCUT2D eigenvalue weighted by molar-refractivity contribution is 7.92. The van der Waals surface area contributed by atoms with Crippen molar-refractivity contribution in [2.24, 2.45) is 0 Å². The lowest BCUT2D eigenvalue weighted by atomic mass is 10.1. The molecule has 2 amide bonds. The van der Waals surface area contributed by atoms with E-state index < -0.39 is 21.9 Å². The number of halogens is 1. The molecular weight excluding hydrogens is 485 g/mol. The van der Waals surface area contributed by atoms with Crippen LogP contribution in [-0.2, 0) is 26.2 Å². The van der Waals surface area contributed by atoms with Crippen molar-refractivity contribution in [3.05, 3.63) is 59.9 Å². The molecule has 0 aliphatic rings. The van der Waals surface area contributed by atoms with Gasteiger partial charge in [0.15, 0.2) is 0 Å². The Hall–Kier alpha value is -3.14. The van der Waals surface area contributed by atoms with Crippen molar-refractivity contribution < 1.29 is 27.1 Å². The highest BCUT2D eigenvalue weighted by Gasteiger charge is 2.27. The molecule has 0 bridgehead atoms. The first kappa shape index (κ1) is 29.1. The summed E-state index contributed by atoms with van der Waals surface area (Å²) < 4.78 is 44.9. The van der Waals surface area contributed by atoms with E-state index in [4.69, 9.17) is 4.74 Å². The number of amides is 2. The molecule has 1 N–H and O–H groups in total. The average molecular weight is 522 g/mol. The number of benzene rings is 2. The van der Waals surface area contributed by atoms with E-state index >= 15 is 0 Å². The summed E-state index contributed by atoms with van der Waals surface area (Å²) in [5, 5.41) is 2.81. The maximum absolute atomic E-state index is 13.3. The van der Waals surface area contributed by atoms with Crippen LogP contribution in [0.4, 0.5) is 10.1 Å². The predicted octanol–water partition coefficient (Wildman–Crippen LogP) is 3.71. The van der Waals surface area contributed by atoms with Gasteiger partial charge in [-0.3, -0.25) is 13.9 Å². The molecule has 0 spiro atoms. The van der Waals surface area contributed by atoms with Gasteiger partial charge in [0.2, 0.25) is 21.8 Å². The molecule has 36 heavy (non-hydrogen) atoms. The monoisotopic (exact) mass is 521 g/mol. The topological polar surface area (TPSA) is 96.0 Å². The lowest BCUT2D eigenvalue weighted by molar-refractivity contribution is -0.140. The third-order valence-electron chi connectivity index (χ3n) is 5.45. The molecule has 0 radical (unpaired) electrons. The van der Waals surface area contributed by atoms with Crippen LogP contribution in [0.3, 0.4) is 0 Å². The van der Waals surface area contributed by atoms with Crippen LogP contribution in [0.15, 0.2) is 48.5 Å². The number of ether oxygens (including phenoxy) is 1. The first-order valence-corrected chi connectivity index (χ1v) is 13.8. The zero-order valence-electron chi connectivity index (χ0n) is 21.5. The van der Waals surface area contributed by atoms with E-state index in [1.165, 1.54) is 21.3 Å². The lowest BCUT2D eigenvalue weighted by Crippen LogP contribution is -2.49. The second-order valence-corrected chi connectivity index (χ2v) is 10.8. The van der Waals surface area contributed by atoms with Gasteiger partial charge in [0, 0.05) is 25.6 Å². The summed E-state index contributed by atoms with van der Waals surface area (Å²) in [6.45, 7) is 7.88. The van der Waals surface area contributed by atoms with Crippen molar-refractivity contribution >= 4 is 27.5 Å². The van der Waals surface area contributed by atoms with Gasteiger partial charge in [-0.2, -0.15) is 0 Å². The lowest BCUT2D eigenvalue weighted by Gasteiger charge is -2.30. The Morgan fingerprint density at radius 1 is 1.03 bits per heavy atom. The normalized spacial score (nSPS) is 12.2. The summed E-state index contributed by atoms with van der Waals surface area (Å²) in [6, 6.07) is 11.6. The number of carbonyl (C=O) groups excluding carboxylic acids is 2. The van der Waals surface area contributed by atoms with Crippen molar-refractivity contribution in [2.75, 3.05) is 23.7 Å². The van der Waals surface area contributed by atoms with Crippen LogP contribution in [0.2, 0.25) is 0 Å². The van der Waals surface area contributed by atoms with E-state index in [0.717, 1.165) is 6.26 Å². The highest BCUT2D eigenvalue weighted by atomic mass is 32.2. The molecule has 0 fully saturated rings. The zero-order valence-corrected chi connectivity index (χ0v) is 22.3. The van der Waals surface area contributed by atoms with E-state index in [1.54, 1.807) is 43.3 Å². The van der Waals surface area contributed by atoms with Gasteiger partial charge in [0.1, 0.15) is 17.6 Å². The largest absolute Gasteiger partial charge is 0.494 e. The standard InChI is InChI=1S/C26H36FN3O5S/c1-6-35-24-15-13-23(14-16-24)30(36(5,33)34)17-7-8-25(31)29(20(4)26(32)28-19(2)3)18-21-9-11-22(27)12-10-21/h9-16,19-20H,6-8,17-18H2,1-5H3,(H,28,32).